The van der Waals surface area contributed by atoms with E-state index >= 15 is 0 Å². The number of rotatable bonds is 3. The summed E-state index contributed by atoms with van der Waals surface area (Å²) < 4.78 is 11.7. The lowest BCUT2D eigenvalue weighted by Crippen LogP contribution is -2.04. The van der Waals surface area contributed by atoms with Gasteiger partial charge in [-0.15, -0.1) is 0 Å². The van der Waals surface area contributed by atoms with Gasteiger partial charge in [0.05, 0.1) is 0 Å². The summed E-state index contributed by atoms with van der Waals surface area (Å²) in [4.78, 5) is 12.2. The van der Waals surface area contributed by atoms with Gasteiger partial charge in [-0.2, -0.15) is 0 Å². The second-order valence-electron chi connectivity index (χ2n) is 4.26. The molecule has 1 aliphatic heterocycles. The maximum Gasteiger partial charge on any atom is 0.231 e. The summed E-state index contributed by atoms with van der Waals surface area (Å²) in [6.07, 6.45) is 0.374. The number of fused-ring (bicyclic) bond motifs is 1. The first-order valence-electron chi connectivity index (χ1n) is 5.90. The van der Waals surface area contributed by atoms with E-state index in [1.54, 1.807) is 0 Å². The number of hydrogen-bond donors (Lipinski definition) is 0. The molecular weight excluding hydrogens is 355 g/mol. The number of carbonyl (C=O) groups is 1. The molecule has 0 saturated carbocycles. The number of benzene rings is 2. The van der Waals surface area contributed by atoms with Crippen molar-refractivity contribution in [3.63, 3.8) is 0 Å². The Hall–Kier alpha value is -1.56. The molecule has 0 radical (unpaired) electrons. The van der Waals surface area contributed by atoms with Gasteiger partial charge in [0.15, 0.2) is 17.3 Å². The molecule has 0 aromatic heterocycles. The second-order valence-corrected chi connectivity index (χ2v) is 5.43. The van der Waals surface area contributed by atoms with E-state index in [1.807, 2.05) is 42.5 Å². The van der Waals surface area contributed by atoms with Crippen LogP contribution >= 0.6 is 22.6 Å². The van der Waals surface area contributed by atoms with Crippen molar-refractivity contribution in [3.05, 3.63) is 57.2 Å². The van der Waals surface area contributed by atoms with Crippen LogP contribution in [0.4, 0.5) is 0 Å². The Morgan fingerprint density at radius 1 is 1.11 bits per heavy atom. The molecule has 0 bridgehead atoms. The van der Waals surface area contributed by atoms with E-state index in [-0.39, 0.29) is 12.6 Å². The maximum absolute atomic E-state index is 12.2. The number of carbonyl (C=O) groups excluding carboxylic acids is 1. The smallest absolute Gasteiger partial charge is 0.231 e. The Morgan fingerprint density at radius 2 is 1.79 bits per heavy atom. The van der Waals surface area contributed by atoms with E-state index in [0.717, 1.165) is 26.2 Å². The van der Waals surface area contributed by atoms with Crippen LogP contribution in [0.25, 0.3) is 0 Å². The number of Topliss-reactive ketones (excluding diaryl/α,β-unsaturated/α-hetero) is 1. The molecule has 0 fully saturated rings. The SMILES string of the molecule is O=C(Cc1cc2c(cc1I)OCO2)c1ccccc1. The zero-order chi connectivity index (χ0) is 13.2. The highest BCUT2D eigenvalue weighted by Crippen LogP contribution is 2.35. The topological polar surface area (TPSA) is 35.5 Å². The third-order valence-corrected chi connectivity index (χ3v) is 3.99. The zero-order valence-electron chi connectivity index (χ0n) is 10.1. The molecule has 0 spiro atoms. The molecule has 2 aromatic rings. The van der Waals surface area contributed by atoms with Gasteiger partial charge in [-0.25, -0.2) is 0 Å². The summed E-state index contributed by atoms with van der Waals surface area (Å²) >= 11 is 2.22. The lowest BCUT2D eigenvalue weighted by Gasteiger charge is -2.06. The summed E-state index contributed by atoms with van der Waals surface area (Å²) in [7, 11) is 0. The molecule has 96 valence electrons. The van der Waals surface area contributed by atoms with Crippen molar-refractivity contribution in [2.24, 2.45) is 0 Å². The van der Waals surface area contributed by atoms with Gasteiger partial charge in [-0.3, -0.25) is 4.79 Å². The van der Waals surface area contributed by atoms with Crippen molar-refractivity contribution in [3.8, 4) is 11.5 Å². The van der Waals surface area contributed by atoms with Crippen LogP contribution in [0.3, 0.4) is 0 Å². The fourth-order valence-electron chi connectivity index (χ4n) is 1.99. The molecule has 3 nitrogen and oxygen atoms in total. The molecule has 0 N–H and O–H groups in total. The predicted octanol–water partition coefficient (Wildman–Crippen LogP) is 3.45. The molecular formula is C15H11IO3. The van der Waals surface area contributed by atoms with Crippen molar-refractivity contribution < 1.29 is 14.3 Å². The third-order valence-electron chi connectivity index (χ3n) is 2.99. The Balaban J connectivity index is 1.86. The predicted molar refractivity (Wildman–Crippen MR) is 79.8 cm³/mol. The Morgan fingerprint density at radius 3 is 2.53 bits per heavy atom. The summed E-state index contributed by atoms with van der Waals surface area (Å²) in [6.45, 7) is 0.251. The van der Waals surface area contributed by atoms with Crippen LogP contribution in [0.1, 0.15) is 15.9 Å². The lowest BCUT2D eigenvalue weighted by atomic mass is 10.0. The van der Waals surface area contributed by atoms with Crippen LogP contribution in [0, 0.1) is 3.57 Å². The van der Waals surface area contributed by atoms with Crippen molar-refractivity contribution in [1.82, 2.24) is 0 Å². The van der Waals surface area contributed by atoms with Gasteiger partial charge in [-0.1, -0.05) is 30.3 Å². The van der Waals surface area contributed by atoms with Gasteiger partial charge in [0.1, 0.15) is 0 Å². The number of ketones is 1. The average Bonchev–Trinajstić information content (AvgIpc) is 2.87. The molecule has 0 aliphatic carbocycles. The van der Waals surface area contributed by atoms with E-state index in [0.29, 0.717) is 6.42 Å². The van der Waals surface area contributed by atoms with Gasteiger partial charge < -0.3 is 9.47 Å². The quantitative estimate of drug-likeness (QED) is 0.617. The van der Waals surface area contributed by atoms with Crippen LogP contribution in [0.2, 0.25) is 0 Å². The van der Waals surface area contributed by atoms with E-state index in [2.05, 4.69) is 22.6 Å². The van der Waals surface area contributed by atoms with Gasteiger partial charge in [0, 0.05) is 15.6 Å². The molecule has 0 unspecified atom stereocenters. The van der Waals surface area contributed by atoms with E-state index in [9.17, 15) is 4.79 Å². The van der Waals surface area contributed by atoms with Crippen LogP contribution in [-0.2, 0) is 6.42 Å². The normalized spacial score (nSPS) is 12.5. The van der Waals surface area contributed by atoms with Crippen LogP contribution in [0.15, 0.2) is 42.5 Å². The van der Waals surface area contributed by atoms with Gasteiger partial charge in [0.2, 0.25) is 6.79 Å². The molecule has 1 heterocycles. The van der Waals surface area contributed by atoms with Gasteiger partial charge in [-0.05, 0) is 40.3 Å². The highest BCUT2D eigenvalue weighted by molar-refractivity contribution is 14.1. The van der Waals surface area contributed by atoms with Crippen LogP contribution < -0.4 is 9.47 Å². The fraction of sp³-hybridized carbons (Fsp3) is 0.133. The first-order chi connectivity index (χ1) is 9.24. The van der Waals surface area contributed by atoms with Gasteiger partial charge >= 0.3 is 0 Å². The summed E-state index contributed by atoms with van der Waals surface area (Å²) in [6, 6.07) is 13.1. The molecule has 2 aromatic carbocycles. The maximum atomic E-state index is 12.2. The first-order valence-corrected chi connectivity index (χ1v) is 6.98. The molecule has 19 heavy (non-hydrogen) atoms. The molecule has 3 rings (SSSR count). The van der Waals surface area contributed by atoms with Crippen LogP contribution in [0.5, 0.6) is 11.5 Å². The van der Waals surface area contributed by atoms with Crippen molar-refractivity contribution >= 4 is 28.4 Å². The minimum absolute atomic E-state index is 0.109. The largest absolute Gasteiger partial charge is 0.454 e. The first kappa shape index (κ1) is 12.5. The Kier molecular flexibility index (Phi) is 3.42. The minimum Gasteiger partial charge on any atom is -0.454 e. The van der Waals surface area contributed by atoms with E-state index in [1.165, 1.54) is 0 Å². The number of ether oxygens (including phenoxy) is 2. The fourth-order valence-corrected chi connectivity index (χ4v) is 2.62. The average molecular weight is 366 g/mol. The van der Waals surface area contributed by atoms with Gasteiger partial charge in [0.25, 0.3) is 0 Å². The third kappa shape index (κ3) is 2.58. The van der Waals surface area contributed by atoms with Crippen LogP contribution in [-0.4, -0.2) is 12.6 Å². The highest BCUT2D eigenvalue weighted by Gasteiger charge is 2.18. The molecule has 1 aliphatic rings. The van der Waals surface area contributed by atoms with Crippen molar-refractivity contribution in [2.45, 2.75) is 6.42 Å². The van der Waals surface area contributed by atoms with E-state index in [4.69, 9.17) is 9.47 Å². The van der Waals surface area contributed by atoms with Crippen molar-refractivity contribution in [1.29, 1.82) is 0 Å². The Bertz CT molecular complexity index is 623. The summed E-state index contributed by atoms with van der Waals surface area (Å²) in [5.41, 5.74) is 1.70. The zero-order valence-corrected chi connectivity index (χ0v) is 12.2. The summed E-state index contributed by atoms with van der Waals surface area (Å²) in [5.74, 6) is 1.58. The minimum atomic E-state index is 0.109. The monoisotopic (exact) mass is 366 g/mol. The van der Waals surface area contributed by atoms with Crippen molar-refractivity contribution in [2.75, 3.05) is 6.79 Å². The molecule has 0 atom stereocenters. The molecule has 0 amide bonds. The molecule has 4 heteroatoms. The number of hydrogen-bond acceptors (Lipinski definition) is 3. The van der Waals surface area contributed by atoms with E-state index < -0.39 is 0 Å². The standard InChI is InChI=1S/C15H11IO3/c16-12-8-15-14(18-9-19-15)7-11(12)6-13(17)10-4-2-1-3-5-10/h1-5,7-8H,6,9H2. The molecule has 0 saturated heterocycles. The summed E-state index contributed by atoms with van der Waals surface area (Å²) in [5, 5.41) is 0. The lowest BCUT2D eigenvalue weighted by molar-refractivity contribution is 0.0993. The second kappa shape index (κ2) is 5.21. The highest BCUT2D eigenvalue weighted by atomic mass is 127. The number of halogens is 1. The Labute approximate surface area is 124 Å².